The van der Waals surface area contributed by atoms with Crippen LogP contribution in [-0.4, -0.2) is 35.6 Å². The number of rotatable bonds is 8. The van der Waals surface area contributed by atoms with Gasteiger partial charge in [-0.3, -0.25) is 25.3 Å². The van der Waals surface area contributed by atoms with Crippen molar-refractivity contribution in [2.45, 2.75) is 31.0 Å². The molecular formula is C18H21F2N3O3S. The van der Waals surface area contributed by atoms with E-state index in [-0.39, 0.29) is 11.3 Å². The molecule has 0 unspecified atom stereocenters. The van der Waals surface area contributed by atoms with Crippen LogP contribution in [0.3, 0.4) is 0 Å². The van der Waals surface area contributed by atoms with E-state index in [0.29, 0.717) is 29.0 Å². The maximum absolute atomic E-state index is 12.3. The lowest BCUT2D eigenvalue weighted by atomic mass is 10.2. The Morgan fingerprint density at radius 1 is 1.04 bits per heavy atom. The standard InChI is InChI=1S/C18H21F2N3O3S/c1-3-23(4-2)11-13-7-10-15(26-13)17(25)22-21-16(24)12-5-8-14(9-6-12)27-18(19)20/h5-10,18H,3-4,11H2,1-2H3,(H,21,24)(H,22,25). The molecule has 0 aliphatic carbocycles. The molecule has 0 fully saturated rings. The van der Waals surface area contributed by atoms with E-state index in [0.717, 1.165) is 13.1 Å². The number of hydrogen-bond acceptors (Lipinski definition) is 5. The Morgan fingerprint density at radius 3 is 2.26 bits per heavy atom. The monoisotopic (exact) mass is 397 g/mol. The molecule has 2 amide bonds. The summed E-state index contributed by atoms with van der Waals surface area (Å²) in [6.45, 7) is 6.39. The summed E-state index contributed by atoms with van der Waals surface area (Å²) in [6, 6.07) is 8.90. The van der Waals surface area contributed by atoms with Crippen molar-refractivity contribution in [1.82, 2.24) is 15.8 Å². The normalized spacial score (nSPS) is 11.0. The van der Waals surface area contributed by atoms with Crippen molar-refractivity contribution in [2.75, 3.05) is 13.1 Å². The Labute approximate surface area is 160 Å². The van der Waals surface area contributed by atoms with Gasteiger partial charge in [-0.25, -0.2) is 0 Å². The number of amides is 2. The number of carbonyl (C=O) groups excluding carboxylic acids is 2. The molecule has 9 heteroatoms. The van der Waals surface area contributed by atoms with Crippen LogP contribution in [0.1, 0.15) is 40.5 Å². The van der Waals surface area contributed by atoms with Crippen LogP contribution in [0, 0.1) is 0 Å². The number of nitrogens with zero attached hydrogens (tertiary/aromatic N) is 1. The van der Waals surface area contributed by atoms with Gasteiger partial charge in [-0.1, -0.05) is 25.6 Å². The van der Waals surface area contributed by atoms with E-state index < -0.39 is 17.6 Å². The summed E-state index contributed by atoms with van der Waals surface area (Å²) in [7, 11) is 0. The molecule has 0 saturated heterocycles. The Balaban J connectivity index is 1.87. The molecule has 0 bridgehead atoms. The van der Waals surface area contributed by atoms with E-state index in [4.69, 9.17) is 4.42 Å². The van der Waals surface area contributed by atoms with E-state index in [1.807, 2.05) is 13.8 Å². The van der Waals surface area contributed by atoms with Gasteiger partial charge in [-0.05, 0) is 49.5 Å². The van der Waals surface area contributed by atoms with Crippen LogP contribution < -0.4 is 10.9 Å². The fraction of sp³-hybridized carbons (Fsp3) is 0.333. The molecular weight excluding hydrogens is 376 g/mol. The molecule has 0 saturated carbocycles. The quantitative estimate of drug-likeness (QED) is 0.527. The molecule has 6 nitrogen and oxygen atoms in total. The Kier molecular flexibility index (Phi) is 7.81. The van der Waals surface area contributed by atoms with Crippen molar-refractivity contribution in [2.24, 2.45) is 0 Å². The van der Waals surface area contributed by atoms with Gasteiger partial charge in [0.1, 0.15) is 5.76 Å². The van der Waals surface area contributed by atoms with E-state index in [9.17, 15) is 18.4 Å². The van der Waals surface area contributed by atoms with Crippen molar-refractivity contribution >= 4 is 23.6 Å². The molecule has 1 aromatic carbocycles. The van der Waals surface area contributed by atoms with Crippen LogP contribution in [0.4, 0.5) is 8.78 Å². The first-order valence-corrected chi connectivity index (χ1v) is 9.27. The largest absolute Gasteiger partial charge is 0.454 e. The summed E-state index contributed by atoms with van der Waals surface area (Å²) in [5, 5.41) is 0. The molecule has 2 rings (SSSR count). The third kappa shape index (κ3) is 6.37. The molecule has 2 aromatic rings. The van der Waals surface area contributed by atoms with Gasteiger partial charge in [0, 0.05) is 10.5 Å². The van der Waals surface area contributed by atoms with Crippen molar-refractivity contribution < 1.29 is 22.8 Å². The maximum Gasteiger partial charge on any atom is 0.305 e. The predicted octanol–water partition coefficient (Wildman–Crippen LogP) is 3.51. The number of benzene rings is 1. The van der Waals surface area contributed by atoms with Gasteiger partial charge < -0.3 is 4.42 Å². The molecule has 2 N–H and O–H groups in total. The topological polar surface area (TPSA) is 74.6 Å². The minimum Gasteiger partial charge on any atom is -0.454 e. The molecule has 1 heterocycles. The number of hydrazine groups is 1. The molecule has 1 aromatic heterocycles. The highest BCUT2D eigenvalue weighted by molar-refractivity contribution is 7.99. The minimum atomic E-state index is -2.52. The third-order valence-electron chi connectivity index (χ3n) is 3.79. The van der Waals surface area contributed by atoms with Crippen LogP contribution in [0.5, 0.6) is 0 Å². The number of halogens is 2. The summed E-state index contributed by atoms with van der Waals surface area (Å²) in [6.07, 6.45) is 0. The molecule has 0 atom stereocenters. The van der Waals surface area contributed by atoms with Gasteiger partial charge in [-0.2, -0.15) is 8.78 Å². The van der Waals surface area contributed by atoms with Gasteiger partial charge in [-0.15, -0.1) is 0 Å². The molecule has 0 aliphatic rings. The minimum absolute atomic E-state index is 0.0844. The number of furan rings is 1. The average molecular weight is 397 g/mol. The van der Waals surface area contributed by atoms with Crippen LogP contribution in [0.25, 0.3) is 0 Å². The van der Waals surface area contributed by atoms with E-state index in [1.54, 1.807) is 6.07 Å². The number of carbonyl (C=O) groups is 2. The summed E-state index contributed by atoms with van der Waals surface area (Å²) in [5.41, 5.74) is 4.77. The summed E-state index contributed by atoms with van der Waals surface area (Å²) in [5.74, 6) is -2.93. The predicted molar refractivity (Wildman–Crippen MR) is 98.6 cm³/mol. The fourth-order valence-corrected chi connectivity index (χ4v) is 2.79. The van der Waals surface area contributed by atoms with E-state index in [2.05, 4.69) is 15.8 Å². The zero-order chi connectivity index (χ0) is 19.8. The van der Waals surface area contributed by atoms with Crippen molar-refractivity contribution in [3.63, 3.8) is 0 Å². The smallest absolute Gasteiger partial charge is 0.305 e. The molecule has 146 valence electrons. The van der Waals surface area contributed by atoms with Gasteiger partial charge in [0.05, 0.1) is 6.54 Å². The number of nitrogens with one attached hydrogen (secondary N) is 2. The first kappa shape index (κ1) is 20.9. The second kappa shape index (κ2) is 10.1. The Bertz CT molecular complexity index is 761. The fourth-order valence-electron chi connectivity index (χ4n) is 2.29. The highest BCUT2D eigenvalue weighted by atomic mass is 32.2. The highest BCUT2D eigenvalue weighted by Crippen LogP contribution is 2.25. The van der Waals surface area contributed by atoms with Gasteiger partial charge >= 0.3 is 5.91 Å². The Morgan fingerprint density at radius 2 is 1.67 bits per heavy atom. The van der Waals surface area contributed by atoms with Crippen LogP contribution in [0.2, 0.25) is 0 Å². The Hall–Kier alpha value is -2.39. The zero-order valence-corrected chi connectivity index (χ0v) is 15.8. The molecule has 27 heavy (non-hydrogen) atoms. The maximum atomic E-state index is 12.3. The zero-order valence-electron chi connectivity index (χ0n) is 15.0. The van der Waals surface area contributed by atoms with Crippen molar-refractivity contribution in [3.05, 3.63) is 53.5 Å². The van der Waals surface area contributed by atoms with E-state index in [1.165, 1.54) is 30.3 Å². The second-order valence-electron chi connectivity index (χ2n) is 5.54. The lowest BCUT2D eigenvalue weighted by Gasteiger charge is -2.15. The average Bonchev–Trinajstić information content (AvgIpc) is 3.12. The number of hydrogen-bond donors (Lipinski definition) is 2. The lowest BCUT2D eigenvalue weighted by molar-refractivity contribution is 0.0829. The van der Waals surface area contributed by atoms with Crippen LogP contribution in [0.15, 0.2) is 45.7 Å². The van der Waals surface area contributed by atoms with Crippen molar-refractivity contribution in [1.29, 1.82) is 0 Å². The SMILES string of the molecule is CCN(CC)Cc1ccc(C(=O)NNC(=O)c2ccc(SC(F)F)cc2)o1. The van der Waals surface area contributed by atoms with Gasteiger partial charge in [0.15, 0.2) is 5.76 Å². The molecule has 0 radical (unpaired) electrons. The van der Waals surface area contributed by atoms with Gasteiger partial charge in [0.2, 0.25) is 0 Å². The third-order valence-corrected chi connectivity index (χ3v) is 4.51. The lowest BCUT2D eigenvalue weighted by Crippen LogP contribution is -2.41. The summed E-state index contributed by atoms with van der Waals surface area (Å²) in [4.78, 5) is 26.6. The molecule has 0 spiro atoms. The molecule has 0 aliphatic heterocycles. The summed E-state index contributed by atoms with van der Waals surface area (Å²) < 4.78 is 30.1. The first-order valence-electron chi connectivity index (χ1n) is 8.39. The van der Waals surface area contributed by atoms with Gasteiger partial charge in [0.25, 0.3) is 11.7 Å². The first-order chi connectivity index (χ1) is 12.9. The summed E-state index contributed by atoms with van der Waals surface area (Å²) >= 11 is 0.393. The highest BCUT2D eigenvalue weighted by Gasteiger charge is 2.14. The number of thioether (sulfide) groups is 1. The van der Waals surface area contributed by atoms with Crippen LogP contribution >= 0.6 is 11.8 Å². The van der Waals surface area contributed by atoms with Crippen LogP contribution in [-0.2, 0) is 6.54 Å². The second-order valence-corrected chi connectivity index (χ2v) is 6.60. The van der Waals surface area contributed by atoms with E-state index >= 15 is 0 Å². The number of alkyl halides is 2. The van der Waals surface area contributed by atoms with Crippen molar-refractivity contribution in [3.8, 4) is 0 Å².